The van der Waals surface area contributed by atoms with Crippen molar-refractivity contribution in [3.05, 3.63) is 64.3 Å². The second-order valence-corrected chi connectivity index (χ2v) is 5.69. The maximum Gasteiger partial charge on any atom is 0.249 e. The highest BCUT2D eigenvalue weighted by atomic mass is 35.5. The first-order valence-corrected chi connectivity index (χ1v) is 7.62. The van der Waals surface area contributed by atoms with E-state index >= 15 is 0 Å². The Kier molecular flexibility index (Phi) is 4.60. The molecule has 0 aliphatic carbocycles. The molecule has 0 radical (unpaired) electrons. The Labute approximate surface area is 143 Å². The number of hydrogen-bond donors (Lipinski definition) is 2. The molecule has 0 saturated heterocycles. The fourth-order valence-corrected chi connectivity index (χ4v) is 2.42. The minimum atomic E-state index is 0.377. The van der Waals surface area contributed by atoms with Gasteiger partial charge in [-0.2, -0.15) is 10.1 Å². The van der Waals surface area contributed by atoms with Crippen molar-refractivity contribution in [1.82, 2.24) is 15.2 Å². The number of aryl methyl sites for hydroxylation is 1. The number of rotatable bonds is 4. The number of para-hydroxylation sites is 1. The zero-order chi connectivity index (χ0) is 16.2. The third-order valence-electron chi connectivity index (χ3n) is 3.08. The lowest BCUT2D eigenvalue weighted by atomic mass is 10.2. The number of hydrogen-bond acceptors (Lipinski definition) is 5. The van der Waals surface area contributed by atoms with Crippen molar-refractivity contribution >= 4 is 46.3 Å². The molecule has 1 aromatic heterocycles. The first-order chi connectivity index (χ1) is 11.1. The van der Waals surface area contributed by atoms with Crippen molar-refractivity contribution in [2.24, 2.45) is 0 Å². The Balaban J connectivity index is 1.81. The third-order valence-corrected chi connectivity index (χ3v) is 3.71. The van der Waals surface area contributed by atoms with Crippen molar-refractivity contribution in [2.45, 2.75) is 6.92 Å². The molecule has 3 aromatic rings. The molecule has 5 nitrogen and oxygen atoms in total. The molecular formula is C16H13Cl2N5. The van der Waals surface area contributed by atoms with Crippen molar-refractivity contribution in [2.75, 3.05) is 10.6 Å². The normalized spacial score (nSPS) is 10.4. The molecule has 2 aromatic carbocycles. The third kappa shape index (κ3) is 3.88. The second-order valence-electron chi connectivity index (χ2n) is 4.88. The molecule has 0 bridgehead atoms. The van der Waals surface area contributed by atoms with Crippen LogP contribution in [0.4, 0.5) is 23.1 Å². The fraction of sp³-hybridized carbons (Fsp3) is 0.0625. The van der Waals surface area contributed by atoms with Crippen molar-refractivity contribution < 1.29 is 0 Å². The Morgan fingerprint density at radius 2 is 1.61 bits per heavy atom. The summed E-state index contributed by atoms with van der Waals surface area (Å²) in [6, 6.07) is 13.2. The van der Waals surface area contributed by atoms with Gasteiger partial charge in [0, 0.05) is 5.69 Å². The van der Waals surface area contributed by atoms with Gasteiger partial charge in [-0.3, -0.25) is 0 Å². The van der Waals surface area contributed by atoms with Crippen molar-refractivity contribution in [1.29, 1.82) is 0 Å². The van der Waals surface area contributed by atoms with Gasteiger partial charge in [-0.15, -0.1) is 5.10 Å². The summed E-state index contributed by atoms with van der Waals surface area (Å²) in [5.41, 5.74) is 2.64. The summed E-state index contributed by atoms with van der Waals surface area (Å²) >= 11 is 12.3. The van der Waals surface area contributed by atoms with Crippen LogP contribution in [0.1, 0.15) is 5.56 Å². The summed E-state index contributed by atoms with van der Waals surface area (Å²) in [5, 5.41) is 15.1. The van der Waals surface area contributed by atoms with Crippen LogP contribution in [0.3, 0.4) is 0 Å². The SMILES string of the molecule is Cc1ccc(Nc2nncc(Nc3c(Cl)cccc3Cl)n2)cc1. The number of nitrogens with zero attached hydrogens (tertiary/aromatic N) is 3. The van der Waals surface area contributed by atoms with Crippen LogP contribution in [0.15, 0.2) is 48.7 Å². The molecule has 0 aliphatic heterocycles. The largest absolute Gasteiger partial charge is 0.336 e. The van der Waals surface area contributed by atoms with E-state index in [0.29, 0.717) is 27.5 Å². The smallest absolute Gasteiger partial charge is 0.249 e. The van der Waals surface area contributed by atoms with E-state index in [1.165, 1.54) is 11.8 Å². The Hall–Kier alpha value is -2.37. The highest BCUT2D eigenvalue weighted by Gasteiger charge is 2.08. The number of halogens is 2. The molecule has 0 atom stereocenters. The topological polar surface area (TPSA) is 62.7 Å². The zero-order valence-corrected chi connectivity index (χ0v) is 13.7. The van der Waals surface area contributed by atoms with Crippen LogP contribution in [-0.2, 0) is 0 Å². The summed E-state index contributed by atoms with van der Waals surface area (Å²) in [6.45, 7) is 2.03. The van der Waals surface area contributed by atoms with Gasteiger partial charge in [-0.05, 0) is 31.2 Å². The van der Waals surface area contributed by atoms with Gasteiger partial charge in [-0.25, -0.2) is 0 Å². The molecular weight excluding hydrogens is 333 g/mol. The van der Waals surface area contributed by atoms with E-state index < -0.39 is 0 Å². The van der Waals surface area contributed by atoms with E-state index in [4.69, 9.17) is 23.2 Å². The van der Waals surface area contributed by atoms with E-state index in [0.717, 1.165) is 5.69 Å². The molecule has 3 rings (SSSR count). The van der Waals surface area contributed by atoms with E-state index in [1.54, 1.807) is 18.2 Å². The Morgan fingerprint density at radius 1 is 0.913 bits per heavy atom. The summed E-state index contributed by atoms with van der Waals surface area (Å²) in [4.78, 5) is 4.35. The van der Waals surface area contributed by atoms with Gasteiger partial charge < -0.3 is 10.6 Å². The van der Waals surface area contributed by atoms with Crippen LogP contribution >= 0.6 is 23.2 Å². The highest BCUT2D eigenvalue weighted by molar-refractivity contribution is 6.39. The lowest BCUT2D eigenvalue weighted by Crippen LogP contribution is -2.02. The standard InChI is InChI=1S/C16H13Cl2N5/c1-10-5-7-11(8-6-10)20-16-22-14(9-19-23-16)21-15-12(17)3-2-4-13(15)18/h2-9H,1H3,(H2,20,21,22,23). The van der Waals surface area contributed by atoms with Crippen LogP contribution in [0.5, 0.6) is 0 Å². The van der Waals surface area contributed by atoms with E-state index in [1.807, 2.05) is 31.2 Å². The summed E-state index contributed by atoms with van der Waals surface area (Å²) < 4.78 is 0. The quantitative estimate of drug-likeness (QED) is 0.698. The molecule has 1 heterocycles. The Morgan fingerprint density at radius 3 is 2.30 bits per heavy atom. The average Bonchev–Trinajstić information content (AvgIpc) is 2.54. The van der Waals surface area contributed by atoms with Gasteiger partial charge >= 0.3 is 0 Å². The molecule has 7 heteroatoms. The van der Waals surface area contributed by atoms with Crippen LogP contribution in [-0.4, -0.2) is 15.2 Å². The molecule has 23 heavy (non-hydrogen) atoms. The number of nitrogens with one attached hydrogen (secondary N) is 2. The first kappa shape index (κ1) is 15.5. The maximum absolute atomic E-state index is 6.14. The minimum Gasteiger partial charge on any atom is -0.336 e. The summed E-state index contributed by atoms with van der Waals surface area (Å²) in [7, 11) is 0. The summed E-state index contributed by atoms with van der Waals surface area (Å²) in [5.74, 6) is 0.867. The van der Waals surface area contributed by atoms with Gasteiger partial charge in [0.05, 0.1) is 21.9 Å². The lowest BCUT2D eigenvalue weighted by molar-refractivity contribution is 0.982. The van der Waals surface area contributed by atoms with Gasteiger partial charge in [0.2, 0.25) is 5.95 Å². The van der Waals surface area contributed by atoms with Crippen molar-refractivity contribution in [3.63, 3.8) is 0 Å². The molecule has 0 unspecified atom stereocenters. The predicted molar refractivity (Wildman–Crippen MR) is 94.0 cm³/mol. The maximum atomic E-state index is 6.14. The zero-order valence-electron chi connectivity index (χ0n) is 12.2. The van der Waals surface area contributed by atoms with Gasteiger partial charge in [-0.1, -0.05) is 47.0 Å². The van der Waals surface area contributed by atoms with Crippen molar-refractivity contribution in [3.8, 4) is 0 Å². The van der Waals surface area contributed by atoms with Gasteiger partial charge in [0.25, 0.3) is 0 Å². The van der Waals surface area contributed by atoms with Crippen LogP contribution in [0, 0.1) is 6.92 Å². The molecule has 116 valence electrons. The lowest BCUT2D eigenvalue weighted by Gasteiger charge is -2.10. The van der Waals surface area contributed by atoms with Gasteiger partial charge in [0.1, 0.15) is 0 Å². The van der Waals surface area contributed by atoms with Crippen LogP contribution < -0.4 is 10.6 Å². The molecule has 0 amide bonds. The average molecular weight is 346 g/mol. The van der Waals surface area contributed by atoms with Crippen LogP contribution in [0.2, 0.25) is 10.0 Å². The van der Waals surface area contributed by atoms with E-state index in [-0.39, 0.29) is 0 Å². The summed E-state index contributed by atoms with van der Waals surface area (Å²) in [6.07, 6.45) is 1.50. The predicted octanol–water partition coefficient (Wildman–Crippen LogP) is 4.97. The monoisotopic (exact) mass is 345 g/mol. The van der Waals surface area contributed by atoms with Crippen LogP contribution in [0.25, 0.3) is 0 Å². The number of benzene rings is 2. The molecule has 2 N–H and O–H groups in total. The van der Waals surface area contributed by atoms with E-state index in [9.17, 15) is 0 Å². The first-order valence-electron chi connectivity index (χ1n) is 6.86. The number of anilines is 4. The van der Waals surface area contributed by atoms with E-state index in [2.05, 4.69) is 25.8 Å². The van der Waals surface area contributed by atoms with Gasteiger partial charge in [0.15, 0.2) is 5.82 Å². The highest BCUT2D eigenvalue weighted by Crippen LogP contribution is 2.31. The molecule has 0 aliphatic rings. The Bertz CT molecular complexity index is 801. The molecule has 0 spiro atoms. The number of aromatic nitrogens is 3. The molecule has 0 saturated carbocycles. The fourth-order valence-electron chi connectivity index (χ4n) is 1.93. The molecule has 0 fully saturated rings. The second kappa shape index (κ2) is 6.81. The minimum absolute atomic E-state index is 0.377.